The summed E-state index contributed by atoms with van der Waals surface area (Å²) in [5.41, 5.74) is 1.47. The van der Waals surface area contributed by atoms with Crippen LogP contribution in [0.25, 0.3) is 10.8 Å². The van der Waals surface area contributed by atoms with Gasteiger partial charge in [0.1, 0.15) is 0 Å². The van der Waals surface area contributed by atoms with Crippen LogP contribution in [0.2, 0.25) is 0 Å². The van der Waals surface area contributed by atoms with Gasteiger partial charge in [0.2, 0.25) is 0 Å². The van der Waals surface area contributed by atoms with Gasteiger partial charge in [-0.15, -0.1) is 0 Å². The summed E-state index contributed by atoms with van der Waals surface area (Å²) in [6, 6.07) is 5.55. The molecule has 0 spiro atoms. The maximum absolute atomic E-state index is 11.9. The number of nitrogens with zero attached hydrogens (tertiary/aromatic N) is 1. The van der Waals surface area contributed by atoms with Crippen LogP contribution < -0.4 is 5.32 Å². The molecule has 2 heterocycles. The first-order valence-electron chi connectivity index (χ1n) is 8.18. The van der Waals surface area contributed by atoms with Crippen molar-refractivity contribution in [3.05, 3.63) is 36.2 Å². The second-order valence-corrected chi connectivity index (χ2v) is 5.68. The lowest BCUT2D eigenvalue weighted by Crippen LogP contribution is -2.25. The number of carbonyl (C=O) groups excluding carboxylic acids is 1. The molecule has 3 rings (SSSR count). The SMILES string of the molecule is COC(=O)c1ccc(NCCOC2CCOCC2)c2ccncc12. The van der Waals surface area contributed by atoms with E-state index in [2.05, 4.69) is 10.3 Å². The first-order chi connectivity index (χ1) is 11.8. The van der Waals surface area contributed by atoms with Crippen molar-refractivity contribution in [3.63, 3.8) is 0 Å². The number of methoxy groups -OCH3 is 1. The highest BCUT2D eigenvalue weighted by Gasteiger charge is 2.14. The number of nitrogens with one attached hydrogen (secondary N) is 1. The molecule has 6 nitrogen and oxygen atoms in total. The number of benzene rings is 1. The van der Waals surface area contributed by atoms with Crippen LogP contribution in [-0.4, -0.2) is 50.5 Å². The molecule has 1 saturated heterocycles. The summed E-state index contributed by atoms with van der Waals surface area (Å²) in [6.07, 6.45) is 5.62. The van der Waals surface area contributed by atoms with Crippen molar-refractivity contribution < 1.29 is 19.0 Å². The van der Waals surface area contributed by atoms with E-state index in [0.717, 1.165) is 42.5 Å². The Kier molecular flexibility index (Phi) is 5.61. The van der Waals surface area contributed by atoms with Gasteiger partial charge < -0.3 is 19.5 Å². The molecule has 2 aromatic rings. The molecule has 0 aliphatic carbocycles. The largest absolute Gasteiger partial charge is 0.465 e. The van der Waals surface area contributed by atoms with Gasteiger partial charge in [0, 0.05) is 48.6 Å². The first kappa shape index (κ1) is 16.7. The van der Waals surface area contributed by atoms with Crippen LogP contribution >= 0.6 is 0 Å². The van der Waals surface area contributed by atoms with Crippen molar-refractivity contribution in [2.24, 2.45) is 0 Å². The standard InChI is InChI=1S/C18H22N2O4/c1-22-18(21)15-2-3-17(14-4-7-19-12-16(14)15)20-8-11-24-13-5-9-23-10-6-13/h2-4,7,12-13,20H,5-6,8-11H2,1H3. The van der Waals surface area contributed by atoms with Gasteiger partial charge in [0.25, 0.3) is 0 Å². The molecule has 1 aromatic carbocycles. The Balaban J connectivity index is 1.65. The van der Waals surface area contributed by atoms with E-state index >= 15 is 0 Å². The Labute approximate surface area is 141 Å². The van der Waals surface area contributed by atoms with E-state index in [1.807, 2.05) is 12.1 Å². The maximum Gasteiger partial charge on any atom is 0.338 e. The minimum absolute atomic E-state index is 0.295. The monoisotopic (exact) mass is 330 g/mol. The molecule has 0 unspecified atom stereocenters. The van der Waals surface area contributed by atoms with E-state index in [1.165, 1.54) is 7.11 Å². The highest BCUT2D eigenvalue weighted by molar-refractivity contribution is 6.08. The van der Waals surface area contributed by atoms with Crippen LogP contribution in [-0.2, 0) is 14.2 Å². The molecule has 0 radical (unpaired) electrons. The zero-order valence-corrected chi connectivity index (χ0v) is 13.8. The lowest BCUT2D eigenvalue weighted by atomic mass is 10.0. The van der Waals surface area contributed by atoms with Gasteiger partial charge in [-0.1, -0.05) is 0 Å². The zero-order chi connectivity index (χ0) is 16.8. The molecule has 6 heteroatoms. The second kappa shape index (κ2) is 8.08. The van der Waals surface area contributed by atoms with Crippen molar-refractivity contribution >= 4 is 22.4 Å². The molecular weight excluding hydrogens is 308 g/mol. The van der Waals surface area contributed by atoms with Gasteiger partial charge in [-0.2, -0.15) is 0 Å². The predicted octanol–water partition coefficient (Wildman–Crippen LogP) is 2.63. The molecule has 1 fully saturated rings. The van der Waals surface area contributed by atoms with Crippen LogP contribution in [0.5, 0.6) is 0 Å². The topological polar surface area (TPSA) is 69.7 Å². The Morgan fingerprint density at radius 2 is 2.12 bits per heavy atom. The molecular formula is C18H22N2O4. The fourth-order valence-corrected chi connectivity index (χ4v) is 2.89. The fourth-order valence-electron chi connectivity index (χ4n) is 2.89. The van der Waals surface area contributed by atoms with Gasteiger partial charge in [0.15, 0.2) is 0 Å². The van der Waals surface area contributed by atoms with Crippen LogP contribution in [0.1, 0.15) is 23.2 Å². The minimum Gasteiger partial charge on any atom is -0.465 e. The molecule has 1 aliphatic rings. The number of hydrogen-bond donors (Lipinski definition) is 1. The maximum atomic E-state index is 11.9. The Morgan fingerprint density at radius 1 is 1.29 bits per heavy atom. The van der Waals surface area contributed by atoms with Gasteiger partial charge in [-0.05, 0) is 31.0 Å². The average Bonchev–Trinajstić information content (AvgIpc) is 2.65. The molecule has 1 N–H and O–H groups in total. The summed E-state index contributed by atoms with van der Waals surface area (Å²) in [4.78, 5) is 16.0. The van der Waals surface area contributed by atoms with Crippen LogP contribution in [0, 0.1) is 0 Å². The number of esters is 1. The van der Waals surface area contributed by atoms with E-state index in [0.29, 0.717) is 24.8 Å². The van der Waals surface area contributed by atoms with Crippen LogP contribution in [0.3, 0.4) is 0 Å². The highest BCUT2D eigenvalue weighted by atomic mass is 16.5. The fraction of sp³-hybridized carbons (Fsp3) is 0.444. The van der Waals surface area contributed by atoms with E-state index in [1.54, 1.807) is 18.5 Å². The summed E-state index contributed by atoms with van der Waals surface area (Å²) >= 11 is 0. The summed E-state index contributed by atoms with van der Waals surface area (Å²) in [6.45, 7) is 2.90. The predicted molar refractivity (Wildman–Crippen MR) is 91.4 cm³/mol. The summed E-state index contributed by atoms with van der Waals surface area (Å²) < 4.78 is 16.0. The van der Waals surface area contributed by atoms with Crippen molar-refractivity contribution in [2.75, 3.05) is 38.8 Å². The third-order valence-electron chi connectivity index (χ3n) is 4.16. The van der Waals surface area contributed by atoms with E-state index in [9.17, 15) is 4.79 Å². The minimum atomic E-state index is -0.359. The van der Waals surface area contributed by atoms with Crippen molar-refractivity contribution in [1.82, 2.24) is 4.98 Å². The Morgan fingerprint density at radius 3 is 2.92 bits per heavy atom. The number of hydrogen-bond acceptors (Lipinski definition) is 6. The molecule has 0 atom stereocenters. The quantitative estimate of drug-likeness (QED) is 0.648. The number of aromatic nitrogens is 1. The zero-order valence-electron chi connectivity index (χ0n) is 13.8. The number of ether oxygens (including phenoxy) is 3. The summed E-state index contributed by atoms with van der Waals surface area (Å²) in [5.74, 6) is -0.359. The number of carbonyl (C=O) groups is 1. The number of fused-ring (bicyclic) bond motifs is 1. The van der Waals surface area contributed by atoms with E-state index < -0.39 is 0 Å². The molecule has 128 valence electrons. The number of anilines is 1. The van der Waals surface area contributed by atoms with E-state index in [4.69, 9.17) is 14.2 Å². The van der Waals surface area contributed by atoms with Gasteiger partial charge >= 0.3 is 5.97 Å². The molecule has 1 aromatic heterocycles. The highest BCUT2D eigenvalue weighted by Crippen LogP contribution is 2.26. The van der Waals surface area contributed by atoms with Crippen molar-refractivity contribution in [1.29, 1.82) is 0 Å². The van der Waals surface area contributed by atoms with Gasteiger partial charge in [-0.3, -0.25) is 4.98 Å². The number of rotatable bonds is 6. The van der Waals surface area contributed by atoms with Gasteiger partial charge in [-0.25, -0.2) is 4.79 Å². The molecule has 0 saturated carbocycles. The summed E-state index contributed by atoms with van der Waals surface area (Å²) in [7, 11) is 1.38. The Bertz CT molecular complexity index is 698. The smallest absolute Gasteiger partial charge is 0.338 e. The van der Waals surface area contributed by atoms with Crippen LogP contribution in [0.15, 0.2) is 30.6 Å². The van der Waals surface area contributed by atoms with Crippen molar-refractivity contribution in [3.8, 4) is 0 Å². The van der Waals surface area contributed by atoms with Crippen LogP contribution in [0.4, 0.5) is 5.69 Å². The lowest BCUT2D eigenvalue weighted by molar-refractivity contribution is -0.0283. The molecule has 0 bridgehead atoms. The molecule has 24 heavy (non-hydrogen) atoms. The lowest BCUT2D eigenvalue weighted by Gasteiger charge is -2.22. The molecule has 1 aliphatic heterocycles. The van der Waals surface area contributed by atoms with E-state index in [-0.39, 0.29) is 5.97 Å². The third kappa shape index (κ3) is 3.83. The molecule has 0 amide bonds. The second-order valence-electron chi connectivity index (χ2n) is 5.68. The van der Waals surface area contributed by atoms with Gasteiger partial charge in [0.05, 0.1) is 25.4 Å². The normalized spacial score (nSPS) is 15.4. The average molecular weight is 330 g/mol. The third-order valence-corrected chi connectivity index (χ3v) is 4.16. The van der Waals surface area contributed by atoms with Crippen molar-refractivity contribution in [2.45, 2.75) is 18.9 Å². The first-order valence-corrected chi connectivity index (χ1v) is 8.18. The number of pyridine rings is 1. The Hall–Kier alpha value is -2.18. The summed E-state index contributed by atoms with van der Waals surface area (Å²) in [5, 5.41) is 5.10.